The van der Waals surface area contributed by atoms with Crippen LogP contribution in [0.5, 0.6) is 0 Å². The van der Waals surface area contributed by atoms with E-state index in [9.17, 15) is 0 Å². The number of nitrogens with one attached hydrogen (secondary N) is 1. The van der Waals surface area contributed by atoms with Crippen LogP contribution < -0.4 is 11.1 Å². The molecule has 0 amide bonds. The number of aromatic nitrogens is 2. The third-order valence-corrected chi connectivity index (χ3v) is 3.13. The number of anilines is 2. The molecule has 1 aromatic rings. The van der Waals surface area contributed by atoms with Crippen molar-refractivity contribution in [2.75, 3.05) is 30.7 Å². The van der Waals surface area contributed by atoms with Gasteiger partial charge in [0, 0.05) is 19.1 Å². The second-order valence-corrected chi connectivity index (χ2v) is 4.59. The summed E-state index contributed by atoms with van der Waals surface area (Å²) in [6.45, 7) is 5.78. The summed E-state index contributed by atoms with van der Waals surface area (Å²) in [4.78, 5) is 10.8. The normalized spacial score (nSPS) is 18.2. The highest BCUT2D eigenvalue weighted by atomic mass is 15.1. The molecule has 0 radical (unpaired) electrons. The smallest absolute Gasteiger partial charge is 0.147 e. The standard InChI is InChI=1S/C12H21N5/c1-2-5-17-6-3-10(4-7-17)15-12-9-14-8-11(13)16-12/h8-10H,2-7H2,1H3,(H3,13,15,16). The fourth-order valence-electron chi connectivity index (χ4n) is 2.28. The van der Waals surface area contributed by atoms with Crippen molar-refractivity contribution in [2.45, 2.75) is 32.2 Å². The lowest BCUT2D eigenvalue weighted by Gasteiger charge is -2.32. The summed E-state index contributed by atoms with van der Waals surface area (Å²) in [5.74, 6) is 1.26. The van der Waals surface area contributed by atoms with Gasteiger partial charge < -0.3 is 16.0 Å². The van der Waals surface area contributed by atoms with Crippen molar-refractivity contribution in [3.63, 3.8) is 0 Å². The molecule has 5 heteroatoms. The van der Waals surface area contributed by atoms with Crippen molar-refractivity contribution in [3.05, 3.63) is 12.4 Å². The third kappa shape index (κ3) is 3.56. The number of nitrogens with two attached hydrogens (primary N) is 1. The van der Waals surface area contributed by atoms with Crippen LogP contribution in [0.25, 0.3) is 0 Å². The molecule has 1 fully saturated rings. The van der Waals surface area contributed by atoms with Gasteiger partial charge in [-0.25, -0.2) is 4.98 Å². The molecule has 1 aromatic heterocycles. The molecule has 0 saturated carbocycles. The number of hydrogen-bond acceptors (Lipinski definition) is 5. The van der Waals surface area contributed by atoms with Gasteiger partial charge in [-0.1, -0.05) is 6.92 Å². The highest BCUT2D eigenvalue weighted by molar-refractivity contribution is 5.39. The second kappa shape index (κ2) is 5.82. The lowest BCUT2D eigenvalue weighted by Crippen LogP contribution is -2.39. The van der Waals surface area contributed by atoms with Crippen LogP contribution in [0.4, 0.5) is 11.6 Å². The van der Waals surface area contributed by atoms with E-state index in [0.29, 0.717) is 11.9 Å². The van der Waals surface area contributed by atoms with Crippen LogP contribution in [-0.4, -0.2) is 40.5 Å². The van der Waals surface area contributed by atoms with E-state index in [-0.39, 0.29) is 0 Å². The molecule has 2 heterocycles. The van der Waals surface area contributed by atoms with Gasteiger partial charge in [-0.3, -0.25) is 4.98 Å². The fraction of sp³-hybridized carbons (Fsp3) is 0.667. The summed E-state index contributed by atoms with van der Waals surface area (Å²) in [5, 5.41) is 3.40. The van der Waals surface area contributed by atoms with Crippen molar-refractivity contribution >= 4 is 11.6 Å². The van der Waals surface area contributed by atoms with Crippen molar-refractivity contribution in [2.24, 2.45) is 0 Å². The maximum atomic E-state index is 5.60. The van der Waals surface area contributed by atoms with Gasteiger partial charge in [-0.15, -0.1) is 0 Å². The number of rotatable bonds is 4. The van der Waals surface area contributed by atoms with Gasteiger partial charge in [-0.2, -0.15) is 0 Å². The van der Waals surface area contributed by atoms with E-state index in [2.05, 4.69) is 27.1 Å². The predicted octanol–water partition coefficient (Wildman–Crippen LogP) is 1.35. The average molecular weight is 235 g/mol. The minimum Gasteiger partial charge on any atom is -0.382 e. The molecule has 94 valence electrons. The summed E-state index contributed by atoms with van der Waals surface area (Å²) >= 11 is 0. The van der Waals surface area contributed by atoms with Crippen LogP contribution >= 0.6 is 0 Å². The molecule has 17 heavy (non-hydrogen) atoms. The Morgan fingerprint density at radius 3 is 2.82 bits per heavy atom. The Labute approximate surface area is 102 Å². The van der Waals surface area contributed by atoms with Crippen LogP contribution in [0.15, 0.2) is 12.4 Å². The first-order valence-corrected chi connectivity index (χ1v) is 6.34. The zero-order valence-electron chi connectivity index (χ0n) is 10.4. The largest absolute Gasteiger partial charge is 0.382 e. The summed E-state index contributed by atoms with van der Waals surface area (Å²) in [5.41, 5.74) is 5.60. The highest BCUT2D eigenvalue weighted by Crippen LogP contribution is 2.15. The Morgan fingerprint density at radius 1 is 1.41 bits per heavy atom. The summed E-state index contributed by atoms with van der Waals surface area (Å²) < 4.78 is 0. The zero-order valence-corrected chi connectivity index (χ0v) is 10.4. The molecule has 0 atom stereocenters. The molecule has 1 aliphatic heterocycles. The molecule has 2 rings (SSSR count). The van der Waals surface area contributed by atoms with E-state index < -0.39 is 0 Å². The molecule has 1 aliphatic rings. The Kier molecular flexibility index (Phi) is 4.14. The Hall–Kier alpha value is -1.36. The van der Waals surface area contributed by atoms with E-state index in [1.165, 1.54) is 26.1 Å². The van der Waals surface area contributed by atoms with E-state index in [4.69, 9.17) is 5.73 Å². The van der Waals surface area contributed by atoms with Gasteiger partial charge >= 0.3 is 0 Å². The second-order valence-electron chi connectivity index (χ2n) is 4.59. The van der Waals surface area contributed by atoms with Crippen LogP contribution in [0.2, 0.25) is 0 Å². The van der Waals surface area contributed by atoms with Gasteiger partial charge in [0.15, 0.2) is 0 Å². The topological polar surface area (TPSA) is 67.1 Å². The van der Waals surface area contributed by atoms with Crippen molar-refractivity contribution < 1.29 is 0 Å². The Balaban J connectivity index is 1.82. The quantitative estimate of drug-likeness (QED) is 0.824. The summed E-state index contributed by atoms with van der Waals surface area (Å²) in [7, 11) is 0. The number of nitrogen functional groups attached to an aromatic ring is 1. The molecule has 1 saturated heterocycles. The molecule has 0 aromatic carbocycles. The minimum atomic E-state index is 0.471. The van der Waals surface area contributed by atoms with Gasteiger partial charge in [0.2, 0.25) is 0 Å². The third-order valence-electron chi connectivity index (χ3n) is 3.13. The molecule has 0 unspecified atom stereocenters. The maximum absolute atomic E-state index is 5.60. The number of nitrogens with zero attached hydrogens (tertiary/aromatic N) is 3. The first-order chi connectivity index (χ1) is 8.28. The molecule has 0 aliphatic carbocycles. The lowest BCUT2D eigenvalue weighted by molar-refractivity contribution is 0.219. The van der Waals surface area contributed by atoms with Gasteiger partial charge in [-0.05, 0) is 25.8 Å². The van der Waals surface area contributed by atoms with Gasteiger partial charge in [0.25, 0.3) is 0 Å². The minimum absolute atomic E-state index is 0.471. The monoisotopic (exact) mass is 235 g/mol. The maximum Gasteiger partial charge on any atom is 0.147 e. The van der Waals surface area contributed by atoms with E-state index >= 15 is 0 Å². The summed E-state index contributed by atoms with van der Waals surface area (Å²) in [6.07, 6.45) is 6.86. The number of hydrogen-bond donors (Lipinski definition) is 2. The molecule has 5 nitrogen and oxygen atoms in total. The molecular weight excluding hydrogens is 214 g/mol. The fourth-order valence-corrected chi connectivity index (χ4v) is 2.28. The average Bonchev–Trinajstić information content (AvgIpc) is 2.32. The van der Waals surface area contributed by atoms with Crippen molar-refractivity contribution in [1.82, 2.24) is 14.9 Å². The zero-order chi connectivity index (χ0) is 12.1. The molecular formula is C12H21N5. The molecule has 0 bridgehead atoms. The molecule has 0 spiro atoms. The van der Waals surface area contributed by atoms with E-state index in [1.54, 1.807) is 12.4 Å². The number of piperidine rings is 1. The Morgan fingerprint density at radius 2 is 2.18 bits per heavy atom. The first-order valence-electron chi connectivity index (χ1n) is 6.34. The predicted molar refractivity (Wildman–Crippen MR) is 69.8 cm³/mol. The van der Waals surface area contributed by atoms with Crippen molar-refractivity contribution in [1.29, 1.82) is 0 Å². The number of likely N-dealkylation sites (tertiary alicyclic amines) is 1. The highest BCUT2D eigenvalue weighted by Gasteiger charge is 2.18. The van der Waals surface area contributed by atoms with E-state index in [1.807, 2.05) is 0 Å². The lowest BCUT2D eigenvalue weighted by atomic mass is 10.1. The van der Waals surface area contributed by atoms with Gasteiger partial charge in [0.1, 0.15) is 11.6 Å². The molecule has 3 N–H and O–H groups in total. The Bertz CT molecular complexity index is 347. The first kappa shape index (κ1) is 12.1. The van der Waals surface area contributed by atoms with Crippen LogP contribution in [0.3, 0.4) is 0 Å². The van der Waals surface area contributed by atoms with Gasteiger partial charge in [0.05, 0.1) is 12.4 Å². The van der Waals surface area contributed by atoms with Crippen molar-refractivity contribution in [3.8, 4) is 0 Å². The van der Waals surface area contributed by atoms with Crippen LogP contribution in [0, 0.1) is 0 Å². The van der Waals surface area contributed by atoms with Crippen LogP contribution in [-0.2, 0) is 0 Å². The van der Waals surface area contributed by atoms with E-state index in [0.717, 1.165) is 18.7 Å². The SMILES string of the molecule is CCCN1CCC(Nc2cncc(N)n2)CC1. The van der Waals surface area contributed by atoms with Crippen LogP contribution in [0.1, 0.15) is 26.2 Å². The summed E-state index contributed by atoms with van der Waals surface area (Å²) in [6, 6.07) is 0.499.